The molecular weight excluding hydrogens is 353 g/mol. The standard InChI is InChI=1S/C20H17F3N4/c1-13-24-18(26-16-8-6-15(7-9-16)20(21,22)23)12-19(25-13)27-11-10-14-4-2-3-5-17(14)27/h2-9,12H,10-11H2,1H3,(H,24,25,26). The maximum absolute atomic E-state index is 12.7. The largest absolute Gasteiger partial charge is 0.416 e. The number of halogens is 3. The van der Waals surface area contributed by atoms with E-state index < -0.39 is 11.7 Å². The second-order valence-electron chi connectivity index (χ2n) is 6.39. The number of nitrogens with zero attached hydrogens (tertiary/aromatic N) is 3. The van der Waals surface area contributed by atoms with Crippen LogP contribution in [0.1, 0.15) is 17.0 Å². The van der Waals surface area contributed by atoms with Gasteiger partial charge in [0.05, 0.1) is 5.56 Å². The molecule has 7 heteroatoms. The molecule has 0 fully saturated rings. The first kappa shape index (κ1) is 17.3. The highest BCUT2D eigenvalue weighted by Crippen LogP contribution is 2.34. The summed E-state index contributed by atoms with van der Waals surface area (Å²) in [7, 11) is 0. The number of benzene rings is 2. The summed E-state index contributed by atoms with van der Waals surface area (Å²) in [6, 6.07) is 14.9. The number of hydrogen-bond acceptors (Lipinski definition) is 4. The van der Waals surface area contributed by atoms with E-state index in [-0.39, 0.29) is 0 Å². The molecule has 0 spiro atoms. The lowest BCUT2D eigenvalue weighted by Crippen LogP contribution is -2.16. The number of fused-ring (bicyclic) bond motifs is 1. The van der Waals surface area contributed by atoms with Gasteiger partial charge in [0, 0.05) is 24.0 Å². The summed E-state index contributed by atoms with van der Waals surface area (Å²) in [5.74, 6) is 1.90. The van der Waals surface area contributed by atoms with Crippen LogP contribution >= 0.6 is 0 Å². The predicted octanol–water partition coefficient (Wildman–Crippen LogP) is 5.24. The van der Waals surface area contributed by atoms with Crippen molar-refractivity contribution in [3.05, 3.63) is 71.5 Å². The second-order valence-corrected chi connectivity index (χ2v) is 6.39. The maximum atomic E-state index is 12.7. The van der Waals surface area contributed by atoms with E-state index >= 15 is 0 Å². The highest BCUT2D eigenvalue weighted by atomic mass is 19.4. The van der Waals surface area contributed by atoms with E-state index in [2.05, 4.69) is 32.3 Å². The fourth-order valence-corrected chi connectivity index (χ4v) is 3.22. The summed E-state index contributed by atoms with van der Waals surface area (Å²) in [6.07, 6.45) is -3.40. The van der Waals surface area contributed by atoms with Crippen molar-refractivity contribution in [2.75, 3.05) is 16.8 Å². The summed E-state index contributed by atoms with van der Waals surface area (Å²) < 4.78 is 38.1. The van der Waals surface area contributed by atoms with Crippen molar-refractivity contribution in [2.45, 2.75) is 19.5 Å². The van der Waals surface area contributed by atoms with Gasteiger partial charge in [-0.1, -0.05) is 18.2 Å². The Labute approximate surface area is 154 Å². The molecule has 1 aromatic heterocycles. The summed E-state index contributed by atoms with van der Waals surface area (Å²) in [5, 5.41) is 3.07. The van der Waals surface area contributed by atoms with Gasteiger partial charge in [0.15, 0.2) is 0 Å². The van der Waals surface area contributed by atoms with Crippen molar-refractivity contribution in [3.63, 3.8) is 0 Å². The highest BCUT2D eigenvalue weighted by molar-refractivity contribution is 5.70. The summed E-state index contributed by atoms with van der Waals surface area (Å²) in [5.41, 5.74) is 2.25. The molecule has 0 atom stereocenters. The number of para-hydroxylation sites is 1. The molecule has 0 aliphatic carbocycles. The van der Waals surface area contributed by atoms with Crippen LogP contribution in [0.25, 0.3) is 0 Å². The SMILES string of the molecule is Cc1nc(Nc2ccc(C(F)(F)F)cc2)cc(N2CCc3ccccc32)n1. The Morgan fingerprint density at radius 2 is 1.74 bits per heavy atom. The van der Waals surface area contributed by atoms with Gasteiger partial charge in [-0.15, -0.1) is 0 Å². The third kappa shape index (κ3) is 3.58. The topological polar surface area (TPSA) is 41.1 Å². The third-order valence-corrected chi connectivity index (χ3v) is 4.47. The summed E-state index contributed by atoms with van der Waals surface area (Å²) in [4.78, 5) is 11.0. The van der Waals surface area contributed by atoms with Crippen molar-refractivity contribution >= 4 is 23.0 Å². The zero-order chi connectivity index (χ0) is 19.0. The number of nitrogens with one attached hydrogen (secondary N) is 1. The molecule has 4 rings (SSSR count). The lowest BCUT2D eigenvalue weighted by molar-refractivity contribution is -0.137. The fourth-order valence-electron chi connectivity index (χ4n) is 3.22. The lowest BCUT2D eigenvalue weighted by atomic mass is 10.2. The first-order chi connectivity index (χ1) is 12.9. The van der Waals surface area contributed by atoms with Crippen molar-refractivity contribution in [3.8, 4) is 0 Å². The first-order valence-corrected chi connectivity index (χ1v) is 8.55. The van der Waals surface area contributed by atoms with Gasteiger partial charge in [-0.25, -0.2) is 9.97 Å². The number of alkyl halides is 3. The summed E-state index contributed by atoms with van der Waals surface area (Å²) >= 11 is 0. The molecule has 1 aliphatic rings. The molecule has 2 heterocycles. The van der Waals surface area contributed by atoms with Crippen LogP contribution < -0.4 is 10.2 Å². The van der Waals surface area contributed by atoms with Gasteiger partial charge in [-0.2, -0.15) is 13.2 Å². The van der Waals surface area contributed by atoms with Crippen molar-refractivity contribution in [2.24, 2.45) is 0 Å². The number of anilines is 4. The molecule has 0 saturated heterocycles. The second kappa shape index (κ2) is 6.57. The van der Waals surface area contributed by atoms with Crippen molar-refractivity contribution in [1.29, 1.82) is 0 Å². The normalized spacial score (nSPS) is 13.6. The molecular formula is C20H17F3N4. The smallest absolute Gasteiger partial charge is 0.340 e. The molecule has 0 unspecified atom stereocenters. The third-order valence-electron chi connectivity index (χ3n) is 4.47. The van der Waals surface area contributed by atoms with Gasteiger partial charge in [0.1, 0.15) is 17.5 Å². The van der Waals surface area contributed by atoms with E-state index in [0.717, 1.165) is 36.6 Å². The lowest BCUT2D eigenvalue weighted by Gasteiger charge is -2.19. The van der Waals surface area contributed by atoms with E-state index in [1.807, 2.05) is 18.2 Å². The molecule has 3 aromatic rings. The molecule has 27 heavy (non-hydrogen) atoms. The molecule has 4 nitrogen and oxygen atoms in total. The van der Waals surface area contributed by atoms with Gasteiger partial charge >= 0.3 is 6.18 Å². The molecule has 1 aliphatic heterocycles. The number of aromatic nitrogens is 2. The van der Waals surface area contributed by atoms with Crippen LogP contribution in [-0.4, -0.2) is 16.5 Å². The molecule has 0 amide bonds. The van der Waals surface area contributed by atoms with Crippen molar-refractivity contribution in [1.82, 2.24) is 9.97 Å². The Morgan fingerprint density at radius 1 is 1.00 bits per heavy atom. The van der Waals surface area contributed by atoms with Crippen molar-refractivity contribution < 1.29 is 13.2 Å². The van der Waals surface area contributed by atoms with E-state index in [4.69, 9.17) is 0 Å². The molecule has 1 N–H and O–H groups in total. The van der Waals surface area contributed by atoms with Crippen LogP contribution in [-0.2, 0) is 12.6 Å². The van der Waals surface area contributed by atoms with Gasteiger partial charge in [0.25, 0.3) is 0 Å². The molecule has 0 radical (unpaired) electrons. The Bertz CT molecular complexity index is 968. The quantitative estimate of drug-likeness (QED) is 0.684. The van der Waals surface area contributed by atoms with Crippen LogP contribution in [0.15, 0.2) is 54.6 Å². The Hall–Kier alpha value is -3.09. The minimum Gasteiger partial charge on any atom is -0.340 e. The first-order valence-electron chi connectivity index (χ1n) is 8.55. The maximum Gasteiger partial charge on any atom is 0.416 e. The zero-order valence-electron chi connectivity index (χ0n) is 14.6. The minimum absolute atomic E-state index is 0.536. The number of aryl methyl sites for hydroxylation is 1. The highest BCUT2D eigenvalue weighted by Gasteiger charge is 2.30. The Kier molecular flexibility index (Phi) is 4.22. The van der Waals surface area contributed by atoms with E-state index in [0.29, 0.717) is 17.3 Å². The Balaban J connectivity index is 1.60. The number of hydrogen-bond donors (Lipinski definition) is 1. The molecule has 0 bridgehead atoms. The predicted molar refractivity (Wildman–Crippen MR) is 98.6 cm³/mol. The van der Waals surface area contributed by atoms with Gasteiger partial charge < -0.3 is 10.2 Å². The van der Waals surface area contributed by atoms with E-state index in [1.165, 1.54) is 17.7 Å². The summed E-state index contributed by atoms with van der Waals surface area (Å²) in [6.45, 7) is 2.62. The monoisotopic (exact) mass is 370 g/mol. The average Bonchev–Trinajstić information content (AvgIpc) is 3.05. The zero-order valence-corrected chi connectivity index (χ0v) is 14.6. The van der Waals surface area contributed by atoms with Gasteiger partial charge in [-0.3, -0.25) is 0 Å². The van der Waals surface area contributed by atoms with Crippen LogP contribution in [0.2, 0.25) is 0 Å². The molecule has 138 valence electrons. The van der Waals surface area contributed by atoms with Crippen LogP contribution in [0, 0.1) is 6.92 Å². The fraction of sp³-hybridized carbons (Fsp3) is 0.200. The van der Waals surface area contributed by atoms with Crippen LogP contribution in [0.5, 0.6) is 0 Å². The van der Waals surface area contributed by atoms with Crippen LogP contribution in [0.4, 0.5) is 36.2 Å². The van der Waals surface area contributed by atoms with Crippen LogP contribution in [0.3, 0.4) is 0 Å². The molecule has 0 saturated carbocycles. The number of rotatable bonds is 3. The minimum atomic E-state index is -4.35. The van der Waals surface area contributed by atoms with E-state index in [1.54, 1.807) is 6.92 Å². The van der Waals surface area contributed by atoms with Gasteiger partial charge in [0.2, 0.25) is 0 Å². The van der Waals surface area contributed by atoms with Gasteiger partial charge in [-0.05, 0) is 49.2 Å². The molecule has 2 aromatic carbocycles. The average molecular weight is 370 g/mol. The van der Waals surface area contributed by atoms with E-state index in [9.17, 15) is 13.2 Å². The Morgan fingerprint density at radius 3 is 2.48 bits per heavy atom.